The van der Waals surface area contributed by atoms with Gasteiger partial charge in [-0.3, -0.25) is 4.79 Å². The number of rotatable bonds is 5. The molecular weight excluding hydrogens is 434 g/mol. The molecule has 0 radical (unpaired) electrons. The van der Waals surface area contributed by atoms with E-state index in [1.54, 1.807) is 0 Å². The molecule has 3 N–H and O–H groups in total. The molecule has 10 heteroatoms. The van der Waals surface area contributed by atoms with E-state index in [1.807, 2.05) is 18.2 Å². The Balaban J connectivity index is 0.000000516. The standard InChI is InChI=1S/C17H23Cl2NO2.C2HF3O2/c1-17(2,15-13(18)4-3-5-14(15)19)10-20-12-8-6-11(7-9-12)16(21)22;3-2(4,5)1(6)7/h3-5,11-12,20H,6-10H2,1-2H3,(H,21,22);(H,6,7). The maximum atomic E-state index is 11.0. The van der Waals surface area contributed by atoms with Gasteiger partial charge in [-0.25, -0.2) is 4.79 Å². The zero-order chi connectivity index (χ0) is 22.4. The zero-order valence-electron chi connectivity index (χ0n) is 16.0. The van der Waals surface area contributed by atoms with Crippen molar-refractivity contribution >= 4 is 35.1 Å². The van der Waals surface area contributed by atoms with Gasteiger partial charge in [-0.05, 0) is 43.4 Å². The average Bonchev–Trinajstić information content (AvgIpc) is 2.60. The van der Waals surface area contributed by atoms with Crippen molar-refractivity contribution in [1.29, 1.82) is 0 Å². The summed E-state index contributed by atoms with van der Waals surface area (Å²) < 4.78 is 31.7. The molecule has 0 aliphatic heterocycles. The number of alkyl halides is 3. The number of aliphatic carboxylic acids is 2. The highest BCUT2D eigenvalue weighted by Crippen LogP contribution is 2.35. The van der Waals surface area contributed by atoms with Crippen LogP contribution >= 0.6 is 23.2 Å². The van der Waals surface area contributed by atoms with Crippen molar-refractivity contribution in [2.24, 2.45) is 5.92 Å². The first kappa shape index (κ1) is 25.5. The summed E-state index contributed by atoms with van der Waals surface area (Å²) in [5.74, 6) is -3.60. The van der Waals surface area contributed by atoms with E-state index in [1.165, 1.54) is 0 Å². The maximum Gasteiger partial charge on any atom is 0.490 e. The molecular formula is C19H24Cl2F3NO4. The van der Waals surface area contributed by atoms with Gasteiger partial charge in [-0.1, -0.05) is 43.1 Å². The molecule has 5 nitrogen and oxygen atoms in total. The van der Waals surface area contributed by atoms with Gasteiger partial charge in [0.05, 0.1) is 5.92 Å². The summed E-state index contributed by atoms with van der Waals surface area (Å²) in [5, 5.41) is 21.1. The van der Waals surface area contributed by atoms with Crippen molar-refractivity contribution in [2.75, 3.05) is 6.54 Å². The van der Waals surface area contributed by atoms with E-state index >= 15 is 0 Å². The van der Waals surface area contributed by atoms with Crippen LogP contribution in [0.1, 0.15) is 45.1 Å². The average molecular weight is 458 g/mol. The fraction of sp³-hybridized carbons (Fsp3) is 0.579. The molecule has 1 saturated carbocycles. The molecule has 164 valence electrons. The van der Waals surface area contributed by atoms with Crippen LogP contribution < -0.4 is 5.32 Å². The molecule has 1 aliphatic carbocycles. The van der Waals surface area contributed by atoms with Crippen LogP contribution in [0, 0.1) is 5.92 Å². The van der Waals surface area contributed by atoms with Crippen LogP contribution in [-0.2, 0) is 15.0 Å². The topological polar surface area (TPSA) is 86.6 Å². The Bertz CT molecular complexity index is 698. The SMILES string of the molecule is CC(C)(CNC1CCC(C(=O)O)CC1)c1c(Cl)cccc1Cl.O=C(O)C(F)(F)F. The molecule has 1 aromatic rings. The molecule has 0 amide bonds. The number of benzene rings is 1. The molecule has 1 aliphatic rings. The summed E-state index contributed by atoms with van der Waals surface area (Å²) in [5.41, 5.74) is 0.782. The lowest BCUT2D eigenvalue weighted by Crippen LogP contribution is -2.41. The predicted octanol–water partition coefficient (Wildman–Crippen LogP) is 5.14. The normalized spacial score (nSPS) is 19.8. The van der Waals surface area contributed by atoms with E-state index < -0.39 is 18.1 Å². The molecule has 0 saturated heterocycles. The van der Waals surface area contributed by atoms with Crippen LogP contribution in [0.4, 0.5) is 13.2 Å². The van der Waals surface area contributed by atoms with Crippen molar-refractivity contribution < 1.29 is 33.0 Å². The highest BCUT2D eigenvalue weighted by Gasteiger charge is 2.38. The second kappa shape index (κ2) is 10.5. The fourth-order valence-corrected chi connectivity index (χ4v) is 4.09. The first-order valence-electron chi connectivity index (χ1n) is 8.96. The lowest BCUT2D eigenvalue weighted by atomic mass is 9.82. The third kappa shape index (κ3) is 8.03. The van der Waals surface area contributed by atoms with Gasteiger partial charge in [0.2, 0.25) is 0 Å². The molecule has 0 aromatic heterocycles. The van der Waals surface area contributed by atoms with E-state index in [4.69, 9.17) is 38.2 Å². The van der Waals surface area contributed by atoms with E-state index in [0.29, 0.717) is 16.1 Å². The summed E-state index contributed by atoms with van der Waals surface area (Å²) in [4.78, 5) is 19.9. The molecule has 2 rings (SSSR count). The minimum Gasteiger partial charge on any atom is -0.481 e. The largest absolute Gasteiger partial charge is 0.490 e. The molecule has 1 fully saturated rings. The monoisotopic (exact) mass is 457 g/mol. The molecule has 29 heavy (non-hydrogen) atoms. The quantitative estimate of drug-likeness (QED) is 0.569. The summed E-state index contributed by atoms with van der Waals surface area (Å²) in [6.07, 6.45) is -1.77. The second-order valence-electron chi connectivity index (χ2n) is 7.55. The van der Waals surface area contributed by atoms with Gasteiger partial charge >= 0.3 is 18.1 Å². The third-order valence-corrected chi connectivity index (χ3v) is 5.42. The van der Waals surface area contributed by atoms with Crippen molar-refractivity contribution in [3.8, 4) is 0 Å². The first-order valence-corrected chi connectivity index (χ1v) is 9.72. The molecule has 0 bridgehead atoms. The predicted molar refractivity (Wildman–Crippen MR) is 105 cm³/mol. The summed E-state index contributed by atoms with van der Waals surface area (Å²) >= 11 is 12.6. The third-order valence-electron chi connectivity index (χ3n) is 4.79. The number of hydrogen-bond donors (Lipinski definition) is 3. The van der Waals surface area contributed by atoms with E-state index in [-0.39, 0.29) is 11.3 Å². The maximum absolute atomic E-state index is 11.0. The molecule has 0 atom stereocenters. The lowest BCUT2D eigenvalue weighted by Gasteiger charge is -2.33. The Morgan fingerprint density at radius 2 is 1.52 bits per heavy atom. The van der Waals surface area contributed by atoms with E-state index in [9.17, 15) is 18.0 Å². The number of carboxylic acids is 2. The number of hydrogen-bond acceptors (Lipinski definition) is 3. The fourth-order valence-electron chi connectivity index (χ4n) is 3.18. The van der Waals surface area contributed by atoms with Crippen molar-refractivity contribution in [2.45, 2.75) is 57.2 Å². The van der Waals surface area contributed by atoms with Gasteiger partial charge in [0.1, 0.15) is 0 Å². The highest BCUT2D eigenvalue weighted by molar-refractivity contribution is 6.36. The first-order chi connectivity index (χ1) is 13.3. The molecule has 0 unspecified atom stereocenters. The van der Waals surface area contributed by atoms with Crippen LogP contribution in [0.3, 0.4) is 0 Å². The number of carboxylic acid groups (broad SMARTS) is 2. The van der Waals surface area contributed by atoms with Gasteiger partial charge in [0.25, 0.3) is 0 Å². The number of nitrogens with one attached hydrogen (secondary N) is 1. The van der Waals surface area contributed by atoms with Gasteiger partial charge < -0.3 is 15.5 Å². The van der Waals surface area contributed by atoms with Crippen molar-refractivity contribution in [3.05, 3.63) is 33.8 Å². The summed E-state index contributed by atoms with van der Waals surface area (Å²) in [7, 11) is 0. The number of halogens is 5. The second-order valence-corrected chi connectivity index (χ2v) is 8.37. The van der Waals surface area contributed by atoms with E-state index in [2.05, 4.69) is 19.2 Å². The molecule has 1 aromatic carbocycles. The van der Waals surface area contributed by atoms with Gasteiger partial charge in [-0.15, -0.1) is 0 Å². The van der Waals surface area contributed by atoms with Crippen molar-refractivity contribution in [1.82, 2.24) is 5.32 Å². The number of carbonyl (C=O) groups is 2. The van der Waals surface area contributed by atoms with Gasteiger partial charge in [-0.2, -0.15) is 13.2 Å². The van der Waals surface area contributed by atoms with Crippen LogP contribution in [-0.4, -0.2) is 40.9 Å². The molecule has 0 heterocycles. The van der Waals surface area contributed by atoms with Crippen LogP contribution in [0.5, 0.6) is 0 Å². The van der Waals surface area contributed by atoms with Gasteiger partial charge in [0, 0.05) is 28.0 Å². The molecule has 0 spiro atoms. The Labute approximate surface area is 177 Å². The Kier molecular flexibility index (Phi) is 9.24. The summed E-state index contributed by atoms with van der Waals surface area (Å²) in [6.45, 7) is 5.00. The smallest absolute Gasteiger partial charge is 0.481 e. The van der Waals surface area contributed by atoms with Crippen molar-refractivity contribution in [3.63, 3.8) is 0 Å². The van der Waals surface area contributed by atoms with Gasteiger partial charge in [0.15, 0.2) is 0 Å². The highest BCUT2D eigenvalue weighted by atomic mass is 35.5. The van der Waals surface area contributed by atoms with Crippen LogP contribution in [0.2, 0.25) is 10.0 Å². The van der Waals surface area contributed by atoms with Crippen LogP contribution in [0.15, 0.2) is 18.2 Å². The minimum absolute atomic E-state index is 0.177. The Hall–Kier alpha value is -1.51. The summed E-state index contributed by atoms with van der Waals surface area (Å²) in [6, 6.07) is 5.95. The minimum atomic E-state index is -5.08. The van der Waals surface area contributed by atoms with E-state index in [0.717, 1.165) is 37.8 Å². The lowest BCUT2D eigenvalue weighted by molar-refractivity contribution is -0.192. The zero-order valence-corrected chi connectivity index (χ0v) is 17.5. The Morgan fingerprint density at radius 3 is 1.90 bits per heavy atom. The van der Waals surface area contributed by atoms with Crippen LogP contribution in [0.25, 0.3) is 0 Å². The Morgan fingerprint density at radius 1 is 1.07 bits per heavy atom.